The van der Waals surface area contributed by atoms with Gasteiger partial charge in [0.25, 0.3) is 5.91 Å². The molecule has 24 heavy (non-hydrogen) atoms. The quantitative estimate of drug-likeness (QED) is 0.809. The number of rotatable bonds is 7. The molecule has 0 spiro atoms. The summed E-state index contributed by atoms with van der Waals surface area (Å²) >= 11 is 0. The highest BCUT2D eigenvalue weighted by atomic mass is 32.2. The van der Waals surface area contributed by atoms with Gasteiger partial charge in [0, 0.05) is 18.7 Å². The molecule has 2 N–H and O–H groups in total. The lowest BCUT2D eigenvalue weighted by molar-refractivity contribution is 0.0953. The van der Waals surface area contributed by atoms with Gasteiger partial charge in [-0.2, -0.15) is 0 Å². The molecule has 0 aliphatic heterocycles. The fourth-order valence-corrected chi connectivity index (χ4v) is 3.26. The van der Waals surface area contributed by atoms with Gasteiger partial charge in [0.15, 0.2) is 0 Å². The maximum Gasteiger partial charge on any atom is 0.251 e. The first kappa shape index (κ1) is 18.2. The Labute approximate surface area is 143 Å². The van der Waals surface area contributed by atoms with Crippen LogP contribution in [0.5, 0.6) is 0 Å². The number of hydrogen-bond donors (Lipinski definition) is 2. The van der Waals surface area contributed by atoms with E-state index in [4.69, 9.17) is 0 Å². The van der Waals surface area contributed by atoms with E-state index in [1.54, 1.807) is 12.1 Å². The van der Waals surface area contributed by atoms with E-state index in [-0.39, 0.29) is 17.3 Å². The van der Waals surface area contributed by atoms with Gasteiger partial charge in [-0.3, -0.25) is 4.79 Å². The zero-order valence-electron chi connectivity index (χ0n) is 13.9. The molecule has 0 saturated carbocycles. The first-order valence-corrected chi connectivity index (χ1v) is 9.35. The Morgan fingerprint density at radius 2 is 1.83 bits per heavy atom. The van der Waals surface area contributed by atoms with Crippen molar-refractivity contribution in [2.24, 2.45) is 0 Å². The van der Waals surface area contributed by atoms with Crippen LogP contribution in [-0.4, -0.2) is 20.9 Å². The molecule has 0 aliphatic rings. The summed E-state index contributed by atoms with van der Waals surface area (Å²) in [5.41, 5.74) is 2.27. The Morgan fingerprint density at radius 1 is 1.08 bits per heavy atom. The monoisotopic (exact) mass is 346 g/mol. The molecule has 1 amide bonds. The fraction of sp³-hybridized carbons (Fsp3) is 0.278. The van der Waals surface area contributed by atoms with Gasteiger partial charge in [-0.15, -0.1) is 0 Å². The molecular formula is C18H22N2O3S. The summed E-state index contributed by atoms with van der Waals surface area (Å²) in [6, 6.07) is 13.6. The summed E-state index contributed by atoms with van der Waals surface area (Å²) in [6.45, 7) is 4.65. The third-order valence-corrected chi connectivity index (χ3v) is 5.05. The minimum absolute atomic E-state index is 0.0835. The number of nitrogens with one attached hydrogen (secondary N) is 2. The Hall–Kier alpha value is -2.18. The summed E-state index contributed by atoms with van der Waals surface area (Å²) in [4.78, 5) is 12.1. The lowest BCUT2D eigenvalue weighted by Crippen LogP contribution is -2.26. The number of benzene rings is 2. The average Bonchev–Trinajstić information content (AvgIpc) is 2.59. The Morgan fingerprint density at radius 3 is 2.54 bits per heavy atom. The molecule has 2 aromatic carbocycles. The molecule has 2 rings (SSSR count). The van der Waals surface area contributed by atoms with E-state index in [9.17, 15) is 13.2 Å². The zero-order valence-corrected chi connectivity index (χ0v) is 14.7. The van der Waals surface area contributed by atoms with Gasteiger partial charge in [0.1, 0.15) is 0 Å². The van der Waals surface area contributed by atoms with Gasteiger partial charge >= 0.3 is 0 Å². The molecule has 5 nitrogen and oxygen atoms in total. The van der Waals surface area contributed by atoms with Crippen molar-refractivity contribution in [3.63, 3.8) is 0 Å². The van der Waals surface area contributed by atoms with Crippen LogP contribution in [0.25, 0.3) is 0 Å². The minimum Gasteiger partial charge on any atom is -0.352 e. The molecule has 0 aromatic heterocycles. The lowest BCUT2D eigenvalue weighted by atomic mass is 10.1. The van der Waals surface area contributed by atoms with Gasteiger partial charge in [-0.25, -0.2) is 13.1 Å². The number of sulfonamides is 1. The molecule has 0 atom stereocenters. The van der Waals surface area contributed by atoms with Crippen molar-refractivity contribution < 1.29 is 13.2 Å². The summed E-state index contributed by atoms with van der Waals surface area (Å²) in [5, 5.41) is 2.74. The number of carbonyl (C=O) groups is 1. The Kier molecular flexibility index (Phi) is 6.11. The minimum atomic E-state index is -3.68. The maximum atomic E-state index is 12.5. The van der Waals surface area contributed by atoms with Crippen molar-refractivity contribution >= 4 is 15.9 Å². The fourth-order valence-electron chi connectivity index (χ4n) is 2.21. The van der Waals surface area contributed by atoms with Gasteiger partial charge in [-0.05, 0) is 42.7 Å². The van der Waals surface area contributed by atoms with Gasteiger partial charge < -0.3 is 5.32 Å². The Bertz CT molecular complexity index is 817. The van der Waals surface area contributed by atoms with Crippen LogP contribution in [0.15, 0.2) is 53.4 Å². The van der Waals surface area contributed by atoms with Crippen LogP contribution >= 0.6 is 0 Å². The highest BCUT2D eigenvalue weighted by Gasteiger charge is 2.16. The van der Waals surface area contributed by atoms with Crippen LogP contribution in [0.3, 0.4) is 0 Å². The molecule has 128 valence electrons. The van der Waals surface area contributed by atoms with Crippen molar-refractivity contribution in [3.05, 3.63) is 65.2 Å². The second-order valence-corrected chi connectivity index (χ2v) is 7.30. The molecule has 0 bridgehead atoms. The third kappa shape index (κ3) is 4.66. The normalized spacial score (nSPS) is 11.2. The van der Waals surface area contributed by atoms with E-state index in [0.29, 0.717) is 12.1 Å². The standard InChI is InChI=1S/C18H22N2O3S/c1-3-11-19-18(21)15-9-6-10-17(12-15)24(22,23)20-13-16-8-5-4-7-14(16)2/h4-10,12,20H,3,11,13H2,1-2H3,(H,19,21). The van der Waals surface area contributed by atoms with Gasteiger partial charge in [0.2, 0.25) is 10.0 Å². The summed E-state index contributed by atoms with van der Waals surface area (Å²) in [6.07, 6.45) is 0.821. The van der Waals surface area contributed by atoms with Crippen molar-refractivity contribution in [2.75, 3.05) is 6.54 Å². The number of hydrogen-bond acceptors (Lipinski definition) is 3. The molecule has 0 aliphatic carbocycles. The van der Waals surface area contributed by atoms with E-state index in [2.05, 4.69) is 10.0 Å². The van der Waals surface area contributed by atoms with E-state index >= 15 is 0 Å². The largest absolute Gasteiger partial charge is 0.352 e. The number of aryl methyl sites for hydroxylation is 1. The molecule has 0 radical (unpaired) electrons. The van der Waals surface area contributed by atoms with Crippen molar-refractivity contribution in [3.8, 4) is 0 Å². The van der Waals surface area contributed by atoms with Crippen LogP contribution < -0.4 is 10.0 Å². The smallest absolute Gasteiger partial charge is 0.251 e. The number of amides is 1. The topological polar surface area (TPSA) is 75.3 Å². The molecule has 0 saturated heterocycles. The maximum absolute atomic E-state index is 12.5. The molecule has 0 fully saturated rings. The molecule has 0 heterocycles. The van der Waals surface area contributed by atoms with Crippen LogP contribution in [0, 0.1) is 6.92 Å². The molecular weight excluding hydrogens is 324 g/mol. The van der Waals surface area contributed by atoms with Gasteiger partial charge in [-0.1, -0.05) is 37.3 Å². The third-order valence-electron chi connectivity index (χ3n) is 3.66. The highest BCUT2D eigenvalue weighted by Crippen LogP contribution is 2.13. The average molecular weight is 346 g/mol. The van der Waals surface area contributed by atoms with Crippen molar-refractivity contribution in [1.82, 2.24) is 10.0 Å². The Balaban J connectivity index is 2.14. The van der Waals surface area contributed by atoms with Crippen LogP contribution in [0.1, 0.15) is 34.8 Å². The van der Waals surface area contributed by atoms with E-state index in [0.717, 1.165) is 17.5 Å². The first-order chi connectivity index (χ1) is 11.4. The molecule has 0 unspecified atom stereocenters. The SMILES string of the molecule is CCCNC(=O)c1cccc(S(=O)(=O)NCc2ccccc2C)c1. The van der Waals surface area contributed by atoms with E-state index in [1.165, 1.54) is 12.1 Å². The van der Waals surface area contributed by atoms with Crippen LogP contribution in [0.4, 0.5) is 0 Å². The van der Waals surface area contributed by atoms with E-state index in [1.807, 2.05) is 38.1 Å². The van der Waals surface area contributed by atoms with Crippen LogP contribution in [-0.2, 0) is 16.6 Å². The summed E-state index contributed by atoms with van der Waals surface area (Å²) in [7, 11) is -3.68. The van der Waals surface area contributed by atoms with Gasteiger partial charge in [0.05, 0.1) is 4.90 Å². The van der Waals surface area contributed by atoms with E-state index < -0.39 is 10.0 Å². The van der Waals surface area contributed by atoms with Crippen molar-refractivity contribution in [2.45, 2.75) is 31.7 Å². The van der Waals surface area contributed by atoms with Crippen molar-refractivity contribution in [1.29, 1.82) is 0 Å². The lowest BCUT2D eigenvalue weighted by Gasteiger charge is -2.10. The number of carbonyl (C=O) groups excluding carboxylic acids is 1. The second-order valence-electron chi connectivity index (χ2n) is 5.53. The predicted molar refractivity (Wildman–Crippen MR) is 94.3 cm³/mol. The summed E-state index contributed by atoms with van der Waals surface area (Å²) < 4.78 is 27.5. The first-order valence-electron chi connectivity index (χ1n) is 7.86. The molecule has 2 aromatic rings. The molecule has 6 heteroatoms. The second kappa shape index (κ2) is 8.08. The predicted octanol–water partition coefficient (Wildman–Crippen LogP) is 2.61. The summed E-state index contributed by atoms with van der Waals surface area (Å²) in [5.74, 6) is -0.271. The zero-order chi connectivity index (χ0) is 17.6. The van der Waals surface area contributed by atoms with Crippen LogP contribution in [0.2, 0.25) is 0 Å². The highest BCUT2D eigenvalue weighted by molar-refractivity contribution is 7.89.